The van der Waals surface area contributed by atoms with Crippen LogP contribution in [0.25, 0.3) is 0 Å². The van der Waals surface area contributed by atoms with Gasteiger partial charge in [-0.1, -0.05) is 43.5 Å². The third kappa shape index (κ3) is 5.45. The van der Waals surface area contributed by atoms with Crippen molar-refractivity contribution in [1.82, 2.24) is 20.4 Å². The fourth-order valence-electron chi connectivity index (χ4n) is 5.50. The Balaban J connectivity index is 1.25. The van der Waals surface area contributed by atoms with Crippen LogP contribution < -0.4 is 10.6 Å². The third-order valence-electron chi connectivity index (χ3n) is 7.69. The molecule has 1 aliphatic carbocycles. The number of nitrogens with zero attached hydrogens (tertiary/aromatic N) is 3. The number of aliphatic imine (C=N–C) groups is 1. The minimum absolute atomic E-state index is 0.0177. The first-order valence-corrected chi connectivity index (χ1v) is 12.5. The Kier molecular flexibility index (Phi) is 7.39. The standard InChI is InChI=1S/C26H41N5O/c1-26(2,31-16-13-20-9-7-8-12-22(20)17-31)19-28-25(27-3)29-23-14-15-30(18-23)24(32)21-10-5-4-6-11-21/h7-9,12,21,23H,4-6,10-11,13-19H2,1-3H3,(H2,27,28,29). The zero-order valence-corrected chi connectivity index (χ0v) is 20.2. The average Bonchev–Trinajstić information content (AvgIpc) is 3.30. The second-order valence-electron chi connectivity index (χ2n) is 10.4. The summed E-state index contributed by atoms with van der Waals surface area (Å²) in [5, 5.41) is 7.13. The van der Waals surface area contributed by atoms with Gasteiger partial charge in [-0.3, -0.25) is 14.7 Å². The molecule has 0 bridgehead atoms. The smallest absolute Gasteiger partial charge is 0.225 e. The van der Waals surface area contributed by atoms with Gasteiger partial charge in [0.15, 0.2) is 5.96 Å². The molecular weight excluding hydrogens is 398 g/mol. The van der Waals surface area contributed by atoms with E-state index in [0.29, 0.717) is 5.91 Å². The Morgan fingerprint density at radius 2 is 1.84 bits per heavy atom. The lowest BCUT2D eigenvalue weighted by atomic mass is 9.88. The lowest BCUT2D eigenvalue weighted by molar-refractivity contribution is -0.135. The largest absolute Gasteiger partial charge is 0.355 e. The molecule has 1 unspecified atom stereocenters. The minimum Gasteiger partial charge on any atom is -0.355 e. The lowest BCUT2D eigenvalue weighted by Crippen LogP contribution is -2.55. The van der Waals surface area contributed by atoms with Crippen LogP contribution in [-0.4, -0.2) is 66.5 Å². The van der Waals surface area contributed by atoms with Crippen LogP contribution in [0.4, 0.5) is 0 Å². The number of guanidine groups is 1. The predicted molar refractivity (Wildman–Crippen MR) is 131 cm³/mol. The maximum absolute atomic E-state index is 12.9. The summed E-state index contributed by atoms with van der Waals surface area (Å²) in [7, 11) is 1.83. The van der Waals surface area contributed by atoms with Gasteiger partial charge in [0.25, 0.3) is 0 Å². The summed E-state index contributed by atoms with van der Waals surface area (Å²) >= 11 is 0. The van der Waals surface area contributed by atoms with E-state index in [1.165, 1.54) is 30.4 Å². The predicted octanol–water partition coefficient (Wildman–Crippen LogP) is 3.17. The molecule has 4 rings (SSSR count). The van der Waals surface area contributed by atoms with Crippen molar-refractivity contribution in [3.63, 3.8) is 0 Å². The second-order valence-corrected chi connectivity index (χ2v) is 10.4. The van der Waals surface area contributed by atoms with Crippen molar-refractivity contribution >= 4 is 11.9 Å². The van der Waals surface area contributed by atoms with Gasteiger partial charge >= 0.3 is 0 Å². The van der Waals surface area contributed by atoms with Gasteiger partial charge in [-0.05, 0) is 50.7 Å². The van der Waals surface area contributed by atoms with Crippen LogP contribution in [0.5, 0.6) is 0 Å². The number of hydrogen-bond acceptors (Lipinski definition) is 3. The van der Waals surface area contributed by atoms with Gasteiger partial charge < -0.3 is 15.5 Å². The quantitative estimate of drug-likeness (QED) is 0.547. The highest BCUT2D eigenvalue weighted by atomic mass is 16.2. The Hall–Kier alpha value is -2.08. The fourth-order valence-corrected chi connectivity index (χ4v) is 5.50. The van der Waals surface area contributed by atoms with Gasteiger partial charge in [0.05, 0.1) is 0 Å². The molecule has 1 atom stereocenters. The zero-order chi connectivity index (χ0) is 22.6. The molecule has 6 nitrogen and oxygen atoms in total. The van der Waals surface area contributed by atoms with Crippen molar-refractivity contribution in [3.8, 4) is 0 Å². The third-order valence-corrected chi connectivity index (χ3v) is 7.69. The summed E-state index contributed by atoms with van der Waals surface area (Å²) in [6, 6.07) is 9.07. The molecule has 0 spiro atoms. The van der Waals surface area contributed by atoms with Crippen molar-refractivity contribution in [2.75, 3.05) is 33.2 Å². The maximum Gasteiger partial charge on any atom is 0.225 e. The highest BCUT2D eigenvalue weighted by Gasteiger charge is 2.33. The van der Waals surface area contributed by atoms with E-state index in [0.717, 1.165) is 64.4 Å². The SMILES string of the molecule is CN=C(NCC(C)(C)N1CCc2ccccc2C1)NC1CCN(C(=O)C2CCCCC2)C1. The zero-order valence-electron chi connectivity index (χ0n) is 20.2. The molecule has 2 aliphatic heterocycles. The van der Waals surface area contributed by atoms with Crippen molar-refractivity contribution in [3.05, 3.63) is 35.4 Å². The molecule has 0 radical (unpaired) electrons. The topological polar surface area (TPSA) is 60.0 Å². The van der Waals surface area contributed by atoms with E-state index in [2.05, 4.69) is 63.5 Å². The van der Waals surface area contributed by atoms with E-state index in [1.807, 2.05) is 7.05 Å². The van der Waals surface area contributed by atoms with E-state index in [9.17, 15) is 4.79 Å². The Bertz CT molecular complexity index is 814. The van der Waals surface area contributed by atoms with Crippen LogP contribution in [0.1, 0.15) is 63.5 Å². The number of likely N-dealkylation sites (tertiary alicyclic amines) is 1. The molecule has 32 heavy (non-hydrogen) atoms. The molecule has 2 heterocycles. The van der Waals surface area contributed by atoms with E-state index in [-0.39, 0.29) is 17.5 Å². The fraction of sp³-hybridized carbons (Fsp3) is 0.692. The molecule has 2 fully saturated rings. The van der Waals surface area contributed by atoms with Gasteiger partial charge in [0.1, 0.15) is 0 Å². The number of hydrogen-bond donors (Lipinski definition) is 2. The van der Waals surface area contributed by atoms with Gasteiger partial charge in [0, 0.05) is 57.3 Å². The molecule has 3 aliphatic rings. The summed E-state index contributed by atoms with van der Waals surface area (Å²) in [6.07, 6.45) is 7.96. The first kappa shape index (κ1) is 23.1. The first-order valence-electron chi connectivity index (χ1n) is 12.5. The number of carbonyl (C=O) groups is 1. The van der Waals surface area contributed by atoms with Gasteiger partial charge in [-0.25, -0.2) is 0 Å². The first-order chi connectivity index (χ1) is 15.5. The molecule has 1 aromatic carbocycles. The van der Waals surface area contributed by atoms with E-state index in [4.69, 9.17) is 0 Å². The van der Waals surface area contributed by atoms with Gasteiger partial charge in [-0.2, -0.15) is 0 Å². The average molecular weight is 440 g/mol. The van der Waals surface area contributed by atoms with Crippen LogP contribution in [0.2, 0.25) is 0 Å². The van der Waals surface area contributed by atoms with Crippen molar-refractivity contribution in [2.24, 2.45) is 10.9 Å². The molecule has 1 amide bonds. The van der Waals surface area contributed by atoms with E-state index >= 15 is 0 Å². The number of rotatable bonds is 5. The maximum atomic E-state index is 12.9. The van der Waals surface area contributed by atoms with Crippen LogP contribution in [0.3, 0.4) is 0 Å². The normalized spacial score (nSPS) is 23.2. The van der Waals surface area contributed by atoms with E-state index in [1.54, 1.807) is 0 Å². The highest BCUT2D eigenvalue weighted by molar-refractivity contribution is 5.81. The Labute approximate surface area is 193 Å². The molecule has 1 saturated carbocycles. The number of carbonyl (C=O) groups excluding carboxylic acids is 1. The van der Waals surface area contributed by atoms with Crippen molar-refractivity contribution < 1.29 is 4.79 Å². The van der Waals surface area contributed by atoms with Gasteiger partial charge in [-0.15, -0.1) is 0 Å². The Morgan fingerprint density at radius 1 is 1.09 bits per heavy atom. The van der Waals surface area contributed by atoms with Crippen LogP contribution >= 0.6 is 0 Å². The number of nitrogens with one attached hydrogen (secondary N) is 2. The monoisotopic (exact) mass is 439 g/mol. The molecule has 1 aromatic rings. The minimum atomic E-state index is 0.0177. The molecule has 2 N–H and O–H groups in total. The van der Waals surface area contributed by atoms with Crippen molar-refractivity contribution in [2.45, 2.75) is 76.9 Å². The number of benzene rings is 1. The Morgan fingerprint density at radius 3 is 2.59 bits per heavy atom. The van der Waals surface area contributed by atoms with Crippen LogP contribution in [0.15, 0.2) is 29.3 Å². The van der Waals surface area contributed by atoms with Gasteiger partial charge in [0.2, 0.25) is 5.91 Å². The lowest BCUT2D eigenvalue weighted by Gasteiger charge is -2.42. The van der Waals surface area contributed by atoms with E-state index < -0.39 is 0 Å². The molecule has 0 aromatic heterocycles. The summed E-state index contributed by atoms with van der Waals surface area (Å²) < 4.78 is 0. The summed E-state index contributed by atoms with van der Waals surface area (Å²) in [6.45, 7) is 9.18. The summed E-state index contributed by atoms with van der Waals surface area (Å²) in [5.41, 5.74) is 2.95. The second kappa shape index (κ2) is 10.2. The number of fused-ring (bicyclic) bond motifs is 1. The molecule has 1 saturated heterocycles. The molecule has 176 valence electrons. The summed E-state index contributed by atoms with van der Waals surface area (Å²) in [5.74, 6) is 1.48. The highest BCUT2D eigenvalue weighted by Crippen LogP contribution is 2.27. The van der Waals surface area contributed by atoms with Crippen LogP contribution in [0, 0.1) is 5.92 Å². The molecular formula is C26H41N5O. The molecule has 6 heteroatoms. The van der Waals surface area contributed by atoms with Crippen LogP contribution in [-0.2, 0) is 17.8 Å². The van der Waals surface area contributed by atoms with Crippen molar-refractivity contribution in [1.29, 1.82) is 0 Å². The summed E-state index contributed by atoms with van der Waals surface area (Å²) in [4.78, 5) is 22.0. The number of amides is 1.